The second-order valence-corrected chi connectivity index (χ2v) is 6.97. The third kappa shape index (κ3) is 3.30. The number of hydrogen-bond donors (Lipinski definition) is 2. The first-order valence-electron chi connectivity index (χ1n) is 8.05. The molecule has 0 aliphatic rings. The van der Waals surface area contributed by atoms with Gasteiger partial charge in [-0.15, -0.1) is 11.3 Å². The molecule has 3 rings (SSSR count). The van der Waals surface area contributed by atoms with Crippen molar-refractivity contribution < 1.29 is 8.53 Å². The molecule has 0 amide bonds. The zero-order valence-electron chi connectivity index (χ0n) is 14.4. The van der Waals surface area contributed by atoms with Crippen molar-refractivity contribution in [3.05, 3.63) is 43.8 Å². The second-order valence-electron chi connectivity index (χ2n) is 4.75. The molecule has 0 aliphatic heterocycles. The molecule has 0 fully saturated rings. The molecule has 3 N–H and O–H groups in total. The van der Waals surface area contributed by atoms with Gasteiger partial charge in [0, 0.05) is 34.1 Å². The van der Waals surface area contributed by atoms with Gasteiger partial charge in [-0.3, -0.25) is 0 Å². The Kier molecular flexibility index (Phi) is 3.70. The van der Waals surface area contributed by atoms with Crippen molar-refractivity contribution in [3.8, 4) is 0 Å². The van der Waals surface area contributed by atoms with Crippen LogP contribution in [0.3, 0.4) is 0 Å². The molecule has 0 radical (unpaired) electrons. The van der Waals surface area contributed by atoms with Crippen molar-refractivity contribution in [3.63, 3.8) is 0 Å². The highest BCUT2D eigenvalue weighted by Gasteiger charge is 2.18. The van der Waals surface area contributed by atoms with Crippen molar-refractivity contribution in [1.29, 1.82) is 0 Å². The summed E-state index contributed by atoms with van der Waals surface area (Å²) in [6.07, 6.45) is 0.0649. The smallest absolute Gasteiger partial charge is 0.177 e. The molecule has 0 bridgehead atoms. The maximum Gasteiger partial charge on any atom is 0.177 e. The van der Waals surface area contributed by atoms with Crippen molar-refractivity contribution >= 4 is 55.7 Å². The third-order valence-electron chi connectivity index (χ3n) is 3.06. The van der Waals surface area contributed by atoms with Crippen LogP contribution in [0.2, 0.25) is 5.15 Å². The van der Waals surface area contributed by atoms with E-state index in [1.54, 1.807) is 17.4 Å². The van der Waals surface area contributed by atoms with E-state index < -0.39 is 12.9 Å². The average Bonchev–Trinajstić information content (AvgIpc) is 3.14. The number of anilines is 1. The lowest BCUT2D eigenvalue weighted by atomic mass is 10.2. The number of nitrogens with two attached hydrogens (primary N) is 1. The van der Waals surface area contributed by atoms with E-state index in [0.717, 1.165) is 4.88 Å². The van der Waals surface area contributed by atoms with Crippen LogP contribution in [0, 0.1) is 0 Å². The second kappa shape index (κ2) is 6.58. The van der Waals surface area contributed by atoms with Crippen LogP contribution in [0.5, 0.6) is 0 Å². The van der Waals surface area contributed by atoms with E-state index in [9.17, 15) is 0 Å². The Morgan fingerprint density at radius 1 is 1.64 bits per heavy atom. The molecule has 3 heterocycles. The molecule has 7 heteroatoms. The standard InChI is InChI=1S/C15H15BrClN3OS/c1-8(18)5-11-13(16)14-15(21-11)10(6-12(17)20-14)19-7-9-3-2-4-22-9/h2-4,6,8H,5,7,18H2,1H3,(H,19,20)/i1D3. The van der Waals surface area contributed by atoms with Crippen molar-refractivity contribution in [1.82, 2.24) is 4.98 Å². The van der Waals surface area contributed by atoms with Crippen molar-refractivity contribution in [2.24, 2.45) is 5.73 Å². The molecule has 1 unspecified atom stereocenters. The van der Waals surface area contributed by atoms with Crippen LogP contribution in [0.1, 0.15) is 21.6 Å². The van der Waals surface area contributed by atoms with Gasteiger partial charge in [0.05, 0.1) is 10.2 Å². The minimum atomic E-state index is -2.26. The summed E-state index contributed by atoms with van der Waals surface area (Å²) in [6.45, 7) is -1.64. The zero-order valence-corrected chi connectivity index (χ0v) is 14.6. The van der Waals surface area contributed by atoms with Gasteiger partial charge in [0.15, 0.2) is 5.58 Å². The van der Waals surface area contributed by atoms with E-state index >= 15 is 0 Å². The molecule has 22 heavy (non-hydrogen) atoms. The average molecular weight is 404 g/mol. The number of nitrogens with zero attached hydrogens (tertiary/aromatic N) is 1. The monoisotopic (exact) mass is 402 g/mol. The van der Waals surface area contributed by atoms with E-state index in [4.69, 9.17) is 25.9 Å². The number of aromatic nitrogens is 1. The fraction of sp³-hybridized carbons (Fsp3) is 0.267. The Morgan fingerprint density at radius 2 is 2.50 bits per heavy atom. The number of thiophene rings is 1. The Morgan fingerprint density at radius 3 is 3.23 bits per heavy atom. The van der Waals surface area contributed by atoms with Gasteiger partial charge in [-0.05, 0) is 34.2 Å². The van der Waals surface area contributed by atoms with Crippen LogP contribution in [0.15, 0.2) is 32.5 Å². The molecular formula is C15H15BrClN3OS. The molecule has 1 atom stereocenters. The lowest BCUT2D eigenvalue weighted by Gasteiger charge is -2.06. The van der Waals surface area contributed by atoms with Gasteiger partial charge in [-0.25, -0.2) is 4.98 Å². The Labute approximate surface area is 150 Å². The predicted octanol–water partition coefficient (Wildman–Crippen LogP) is 4.81. The predicted molar refractivity (Wildman–Crippen MR) is 95.7 cm³/mol. The number of pyridine rings is 1. The molecule has 0 saturated carbocycles. The summed E-state index contributed by atoms with van der Waals surface area (Å²) < 4.78 is 28.7. The maximum atomic E-state index is 7.42. The highest BCUT2D eigenvalue weighted by Crippen LogP contribution is 2.36. The van der Waals surface area contributed by atoms with E-state index in [1.165, 1.54) is 0 Å². The molecule has 4 nitrogen and oxygen atoms in total. The maximum absolute atomic E-state index is 7.42. The quantitative estimate of drug-likeness (QED) is 0.600. The molecule has 0 aromatic carbocycles. The van der Waals surface area contributed by atoms with E-state index in [2.05, 4.69) is 26.2 Å². The number of nitrogens with one attached hydrogen (secondary N) is 1. The SMILES string of the molecule is [2H]C([2H])([2H])C(N)Cc1oc2c(NCc3cccs3)cc(Cl)nc2c1Br. The summed E-state index contributed by atoms with van der Waals surface area (Å²) in [6, 6.07) is 4.66. The summed E-state index contributed by atoms with van der Waals surface area (Å²) in [7, 11) is 0. The number of furan rings is 1. The number of hydrogen-bond acceptors (Lipinski definition) is 5. The Balaban J connectivity index is 1.94. The molecule has 0 spiro atoms. The van der Waals surface area contributed by atoms with Crippen molar-refractivity contribution in [2.75, 3.05) is 5.32 Å². The first kappa shape index (κ1) is 12.4. The molecule has 0 saturated heterocycles. The summed E-state index contributed by atoms with van der Waals surface area (Å²) in [5.74, 6) is 0.438. The lowest BCUT2D eigenvalue weighted by molar-refractivity contribution is 0.523. The Bertz CT molecular complexity index is 882. The lowest BCUT2D eigenvalue weighted by Crippen LogP contribution is -2.17. The van der Waals surface area contributed by atoms with Crippen LogP contribution < -0.4 is 11.1 Å². The molecule has 3 aromatic rings. The van der Waals surface area contributed by atoms with Gasteiger partial charge in [-0.2, -0.15) is 0 Å². The fourth-order valence-electron chi connectivity index (χ4n) is 2.11. The van der Waals surface area contributed by atoms with Gasteiger partial charge >= 0.3 is 0 Å². The van der Waals surface area contributed by atoms with Gasteiger partial charge in [-0.1, -0.05) is 17.7 Å². The summed E-state index contributed by atoms with van der Waals surface area (Å²) >= 11 is 11.2. The van der Waals surface area contributed by atoms with Gasteiger partial charge in [0.2, 0.25) is 0 Å². The van der Waals surface area contributed by atoms with Crippen LogP contribution in [-0.2, 0) is 13.0 Å². The van der Waals surface area contributed by atoms with Crippen LogP contribution >= 0.6 is 38.9 Å². The van der Waals surface area contributed by atoms with Gasteiger partial charge in [0.1, 0.15) is 16.4 Å². The highest BCUT2D eigenvalue weighted by molar-refractivity contribution is 9.10. The van der Waals surface area contributed by atoms with Crippen LogP contribution in [0.4, 0.5) is 5.69 Å². The first-order chi connectivity index (χ1) is 11.8. The summed E-state index contributed by atoms with van der Waals surface area (Å²) in [5, 5.41) is 5.60. The molecule has 3 aromatic heterocycles. The minimum absolute atomic E-state index is 0.0649. The van der Waals surface area contributed by atoms with Crippen LogP contribution in [0.25, 0.3) is 11.1 Å². The van der Waals surface area contributed by atoms with E-state index in [1.807, 2.05) is 17.5 Å². The number of fused-ring (bicyclic) bond motifs is 1. The number of halogens is 2. The Hall–Kier alpha value is -1.08. The number of rotatable bonds is 5. The van der Waals surface area contributed by atoms with E-state index in [0.29, 0.717) is 38.7 Å². The largest absolute Gasteiger partial charge is 0.456 e. The topological polar surface area (TPSA) is 64.1 Å². The van der Waals surface area contributed by atoms with Crippen molar-refractivity contribution in [2.45, 2.75) is 25.9 Å². The minimum Gasteiger partial charge on any atom is -0.456 e. The highest BCUT2D eigenvalue weighted by atomic mass is 79.9. The van der Waals surface area contributed by atoms with Crippen LogP contribution in [-0.4, -0.2) is 11.0 Å². The van der Waals surface area contributed by atoms with Gasteiger partial charge < -0.3 is 15.5 Å². The normalized spacial score (nSPS) is 15.3. The summed E-state index contributed by atoms with van der Waals surface area (Å²) in [5.41, 5.74) is 7.50. The summed E-state index contributed by atoms with van der Waals surface area (Å²) in [4.78, 5) is 5.44. The zero-order chi connectivity index (χ0) is 18.2. The van der Waals surface area contributed by atoms with Gasteiger partial charge in [0.25, 0.3) is 0 Å². The third-order valence-corrected chi connectivity index (χ3v) is 4.95. The molecular weight excluding hydrogens is 386 g/mol. The molecule has 0 aliphatic carbocycles. The first-order valence-corrected chi connectivity index (χ1v) is 8.60. The fourth-order valence-corrected chi connectivity index (χ4v) is 3.46. The van der Waals surface area contributed by atoms with E-state index in [-0.39, 0.29) is 6.42 Å². The molecule has 116 valence electrons.